The van der Waals surface area contributed by atoms with Gasteiger partial charge in [-0.1, -0.05) is 41.9 Å². The highest BCUT2D eigenvalue weighted by atomic mass is 35.5. The van der Waals surface area contributed by atoms with Crippen molar-refractivity contribution in [1.29, 1.82) is 0 Å². The second-order valence-electron chi connectivity index (χ2n) is 11.2. The number of carbonyl (C=O) groups is 1. The van der Waals surface area contributed by atoms with Crippen LogP contribution in [0.1, 0.15) is 52.0 Å². The summed E-state index contributed by atoms with van der Waals surface area (Å²) in [6.45, 7) is 5.77. The number of nitro groups is 1. The minimum absolute atomic E-state index is 0.000464. The van der Waals surface area contributed by atoms with E-state index >= 15 is 0 Å². The third-order valence-electron chi connectivity index (χ3n) is 6.99. The lowest BCUT2D eigenvalue weighted by molar-refractivity contribution is -0.384. The molecule has 5 rings (SSSR count). The van der Waals surface area contributed by atoms with Crippen LogP contribution in [0.3, 0.4) is 0 Å². The molecule has 1 aliphatic carbocycles. The molecule has 2 heterocycles. The van der Waals surface area contributed by atoms with Crippen molar-refractivity contribution in [3.05, 3.63) is 75.4 Å². The fourth-order valence-electron chi connectivity index (χ4n) is 5.09. The van der Waals surface area contributed by atoms with E-state index in [1.807, 2.05) is 45.0 Å². The van der Waals surface area contributed by atoms with Crippen molar-refractivity contribution in [2.24, 2.45) is 0 Å². The number of fused-ring (bicyclic) bond motifs is 1. The molecule has 12 heteroatoms. The number of non-ortho nitro benzene ring substituents is 1. The molecule has 214 valence electrons. The topological polar surface area (TPSA) is 139 Å². The van der Waals surface area contributed by atoms with Gasteiger partial charge in [0.1, 0.15) is 17.0 Å². The van der Waals surface area contributed by atoms with Gasteiger partial charge in [-0.2, -0.15) is 5.10 Å². The summed E-state index contributed by atoms with van der Waals surface area (Å²) in [5.41, 5.74) is 2.19. The average Bonchev–Trinajstić information content (AvgIpc) is 3.36. The molecule has 41 heavy (non-hydrogen) atoms. The number of hydrogen-bond acceptors (Lipinski definition) is 8. The Labute approximate surface area is 242 Å². The molecule has 2 N–H and O–H groups in total. The van der Waals surface area contributed by atoms with Crippen LogP contribution in [0.15, 0.2) is 54.7 Å². The lowest BCUT2D eigenvalue weighted by Crippen LogP contribution is -2.46. The summed E-state index contributed by atoms with van der Waals surface area (Å²) in [5, 5.41) is 23.3. The number of anilines is 1. The molecular formula is C29H32ClN7O4. The van der Waals surface area contributed by atoms with Gasteiger partial charge < -0.3 is 15.0 Å². The molecule has 2 aromatic heterocycles. The molecular weight excluding hydrogens is 546 g/mol. The minimum atomic E-state index is -0.666. The Morgan fingerprint density at radius 2 is 1.93 bits per heavy atom. The van der Waals surface area contributed by atoms with Crippen LogP contribution in [-0.4, -0.2) is 53.8 Å². The first kappa shape index (κ1) is 28.3. The highest BCUT2D eigenvalue weighted by Gasteiger charge is 2.33. The average molecular weight is 578 g/mol. The van der Waals surface area contributed by atoms with Crippen molar-refractivity contribution in [1.82, 2.24) is 25.1 Å². The van der Waals surface area contributed by atoms with Crippen molar-refractivity contribution in [3.63, 3.8) is 0 Å². The van der Waals surface area contributed by atoms with Gasteiger partial charge in [0, 0.05) is 36.1 Å². The number of ether oxygens (including phenoxy) is 1. The number of amides is 1. The van der Waals surface area contributed by atoms with E-state index in [1.54, 1.807) is 23.2 Å². The Morgan fingerprint density at radius 1 is 1.17 bits per heavy atom. The van der Waals surface area contributed by atoms with E-state index in [9.17, 15) is 14.9 Å². The number of rotatable bonds is 7. The fourth-order valence-corrected chi connectivity index (χ4v) is 5.27. The fraction of sp³-hybridized carbons (Fsp3) is 0.379. The monoisotopic (exact) mass is 577 g/mol. The van der Waals surface area contributed by atoms with Crippen molar-refractivity contribution < 1.29 is 14.5 Å². The van der Waals surface area contributed by atoms with Crippen LogP contribution >= 0.6 is 11.6 Å². The largest absolute Gasteiger partial charge is 0.444 e. The Hall–Kier alpha value is -4.25. The van der Waals surface area contributed by atoms with Gasteiger partial charge in [0.25, 0.3) is 5.69 Å². The number of nitro benzene ring substituents is 1. The van der Waals surface area contributed by atoms with Crippen LogP contribution in [0.2, 0.25) is 5.02 Å². The molecule has 4 aromatic rings. The number of nitrogens with zero attached hydrogens (tertiary/aromatic N) is 5. The number of hydrogen-bond donors (Lipinski definition) is 2. The van der Waals surface area contributed by atoms with Gasteiger partial charge in [0.15, 0.2) is 0 Å². The molecule has 2 atom stereocenters. The zero-order valence-corrected chi connectivity index (χ0v) is 23.9. The van der Waals surface area contributed by atoms with Crippen molar-refractivity contribution in [3.8, 4) is 11.4 Å². The van der Waals surface area contributed by atoms with Gasteiger partial charge in [-0.3, -0.25) is 15.2 Å². The van der Waals surface area contributed by atoms with Crippen molar-refractivity contribution in [2.75, 3.05) is 5.32 Å². The molecule has 0 radical (unpaired) electrons. The SMILES string of the molecule is CC(C)(C)OC(=O)N(Cc1ccc([N+](=O)[O-])cc1)[C@H]1CCCC(Nc2ncc(Cl)c(-c3n[nH]c4ccccc34)n2)C1. The second kappa shape index (κ2) is 11.7. The van der Waals surface area contributed by atoms with Crippen LogP contribution in [0.25, 0.3) is 22.3 Å². The number of halogens is 1. The Bertz CT molecular complexity index is 1550. The summed E-state index contributed by atoms with van der Waals surface area (Å²) < 4.78 is 5.76. The Morgan fingerprint density at radius 3 is 2.66 bits per heavy atom. The number of H-pyrrole nitrogens is 1. The van der Waals surface area contributed by atoms with E-state index in [4.69, 9.17) is 21.3 Å². The maximum Gasteiger partial charge on any atom is 0.410 e. The quantitative estimate of drug-likeness (QED) is 0.182. The summed E-state index contributed by atoms with van der Waals surface area (Å²) in [5.74, 6) is 0.432. The Balaban J connectivity index is 1.35. The molecule has 2 aromatic carbocycles. The first-order valence-electron chi connectivity index (χ1n) is 13.5. The van der Waals surface area contributed by atoms with Crippen LogP contribution < -0.4 is 5.32 Å². The lowest BCUT2D eigenvalue weighted by Gasteiger charge is -2.38. The summed E-state index contributed by atoms with van der Waals surface area (Å²) in [6.07, 6.45) is 4.36. The first-order chi connectivity index (χ1) is 19.6. The summed E-state index contributed by atoms with van der Waals surface area (Å²) in [6, 6.07) is 13.9. The highest BCUT2D eigenvalue weighted by Crippen LogP contribution is 2.32. The lowest BCUT2D eigenvalue weighted by atomic mass is 9.90. The van der Waals surface area contributed by atoms with Crippen molar-refractivity contribution >= 4 is 40.2 Å². The zero-order chi connectivity index (χ0) is 29.1. The maximum absolute atomic E-state index is 13.3. The third kappa shape index (κ3) is 6.74. The predicted molar refractivity (Wildman–Crippen MR) is 157 cm³/mol. The standard InChI is InChI=1S/C29H32ClN7O4/c1-29(2,3)41-28(38)36(17-18-11-13-20(14-12-18)37(39)40)21-8-6-7-19(15-21)32-27-31-16-23(30)26(33-27)25-22-9-4-5-10-24(22)34-35-25/h4-5,9-14,16,19,21H,6-8,15,17H2,1-3H3,(H,34,35)(H,31,32,33)/t19?,21-/m0/s1. The number of para-hydroxylation sites is 1. The minimum Gasteiger partial charge on any atom is -0.444 e. The summed E-state index contributed by atoms with van der Waals surface area (Å²) >= 11 is 6.49. The molecule has 0 spiro atoms. The first-order valence-corrected chi connectivity index (χ1v) is 13.9. The molecule has 1 aliphatic rings. The third-order valence-corrected chi connectivity index (χ3v) is 7.26. The van der Waals surface area contributed by atoms with Gasteiger partial charge in [0.2, 0.25) is 5.95 Å². The smallest absolute Gasteiger partial charge is 0.410 e. The molecule has 1 saturated carbocycles. The molecule has 0 bridgehead atoms. The van der Waals surface area contributed by atoms with Gasteiger partial charge in [-0.25, -0.2) is 14.8 Å². The van der Waals surface area contributed by atoms with Gasteiger partial charge in [-0.05, 0) is 58.1 Å². The number of aromatic nitrogens is 4. The van der Waals surface area contributed by atoms with Crippen LogP contribution in [0.4, 0.5) is 16.4 Å². The second-order valence-corrected chi connectivity index (χ2v) is 11.6. The normalized spacial score (nSPS) is 17.3. The maximum atomic E-state index is 13.3. The molecule has 11 nitrogen and oxygen atoms in total. The summed E-state index contributed by atoms with van der Waals surface area (Å²) in [4.78, 5) is 34.8. The number of aromatic amines is 1. The molecule has 1 fully saturated rings. The van der Waals surface area contributed by atoms with E-state index in [0.29, 0.717) is 28.8 Å². The zero-order valence-electron chi connectivity index (χ0n) is 23.1. The number of nitrogens with one attached hydrogen (secondary N) is 2. The predicted octanol–water partition coefficient (Wildman–Crippen LogP) is 6.74. The number of carbonyl (C=O) groups excluding carboxylic acids is 1. The van der Waals surface area contributed by atoms with Crippen LogP contribution in [-0.2, 0) is 11.3 Å². The van der Waals surface area contributed by atoms with Gasteiger partial charge in [0.05, 0.1) is 21.7 Å². The van der Waals surface area contributed by atoms with Crippen molar-refractivity contribution in [2.45, 2.75) is 70.7 Å². The number of benzene rings is 2. The molecule has 0 saturated heterocycles. The summed E-state index contributed by atoms with van der Waals surface area (Å²) in [7, 11) is 0. The van der Waals surface area contributed by atoms with Crippen LogP contribution in [0, 0.1) is 10.1 Å². The van der Waals surface area contributed by atoms with E-state index in [0.717, 1.165) is 35.7 Å². The Kier molecular flexibility index (Phi) is 8.07. The van der Waals surface area contributed by atoms with Gasteiger partial charge >= 0.3 is 6.09 Å². The van der Waals surface area contributed by atoms with Crippen LogP contribution in [0.5, 0.6) is 0 Å². The highest BCUT2D eigenvalue weighted by molar-refractivity contribution is 6.33. The van der Waals surface area contributed by atoms with Gasteiger partial charge in [-0.15, -0.1) is 0 Å². The molecule has 0 aliphatic heterocycles. The molecule has 1 unspecified atom stereocenters. The van der Waals surface area contributed by atoms with E-state index in [2.05, 4.69) is 20.5 Å². The van der Waals surface area contributed by atoms with E-state index in [1.165, 1.54) is 12.1 Å². The van der Waals surface area contributed by atoms with E-state index in [-0.39, 0.29) is 24.3 Å². The molecule has 1 amide bonds. The van der Waals surface area contributed by atoms with E-state index < -0.39 is 16.6 Å².